The molecule has 1 heterocycles. The molecule has 1 fully saturated rings. The van der Waals surface area contributed by atoms with Gasteiger partial charge in [-0.1, -0.05) is 0 Å². The normalized spacial score (nSPS) is 33.2. The van der Waals surface area contributed by atoms with E-state index in [0.717, 1.165) is 36.4 Å². The Morgan fingerprint density at radius 3 is 2.71 bits per heavy atom. The largest absolute Gasteiger partial charge is 0.384 e. The van der Waals surface area contributed by atoms with Crippen molar-refractivity contribution in [3.05, 3.63) is 16.1 Å². The van der Waals surface area contributed by atoms with E-state index in [1.807, 2.05) is 12.3 Å². The van der Waals surface area contributed by atoms with Crippen molar-refractivity contribution in [1.29, 1.82) is 0 Å². The van der Waals surface area contributed by atoms with E-state index in [4.69, 9.17) is 5.73 Å². The Morgan fingerprint density at radius 1 is 1.57 bits per heavy atom. The minimum Gasteiger partial charge on any atom is -0.384 e. The molecule has 0 bridgehead atoms. The minimum atomic E-state index is -0.708. The van der Waals surface area contributed by atoms with Crippen molar-refractivity contribution in [3.8, 4) is 0 Å². The quantitative estimate of drug-likeness (QED) is 0.742. The number of hydrogen-bond acceptors (Lipinski definition) is 4. The summed E-state index contributed by atoms with van der Waals surface area (Å²) in [4.78, 5) is 4.36. The Morgan fingerprint density at radius 2 is 2.21 bits per heavy atom. The van der Waals surface area contributed by atoms with Gasteiger partial charge in [-0.05, 0) is 32.6 Å². The van der Waals surface area contributed by atoms with Crippen molar-refractivity contribution in [1.82, 2.24) is 4.98 Å². The van der Waals surface area contributed by atoms with Crippen molar-refractivity contribution in [2.75, 3.05) is 0 Å². The van der Waals surface area contributed by atoms with Gasteiger partial charge in [0.15, 0.2) is 0 Å². The summed E-state index contributed by atoms with van der Waals surface area (Å²) in [6, 6.07) is 0.259. The molecule has 0 spiro atoms. The highest BCUT2D eigenvalue weighted by Gasteiger charge is 2.35. The lowest BCUT2D eigenvalue weighted by atomic mass is 9.81. The molecule has 4 heteroatoms. The first-order valence-electron chi connectivity index (χ1n) is 5.01. The standard InChI is InChI=1S/C10H16N2OS/c1-7-12-9(6-14-7)10(13)4-2-8(11)3-5-10/h6,8,13H,2-5,11H2,1H3. The molecule has 14 heavy (non-hydrogen) atoms. The molecule has 78 valence electrons. The SMILES string of the molecule is Cc1nc(C2(O)CCC(N)CC2)cs1. The van der Waals surface area contributed by atoms with Crippen LogP contribution in [-0.4, -0.2) is 16.1 Å². The molecule has 0 amide bonds. The van der Waals surface area contributed by atoms with Gasteiger partial charge >= 0.3 is 0 Å². The van der Waals surface area contributed by atoms with Crippen molar-refractivity contribution >= 4 is 11.3 Å². The number of thiazole rings is 1. The third-order valence-corrected chi connectivity index (χ3v) is 3.73. The number of nitrogens with two attached hydrogens (primary N) is 1. The monoisotopic (exact) mass is 212 g/mol. The predicted molar refractivity (Wildman–Crippen MR) is 57.2 cm³/mol. The second-order valence-corrected chi connectivity index (χ2v) is 5.18. The Balaban J connectivity index is 2.16. The Kier molecular flexibility index (Phi) is 2.60. The van der Waals surface area contributed by atoms with E-state index in [-0.39, 0.29) is 6.04 Å². The van der Waals surface area contributed by atoms with Crippen molar-refractivity contribution in [2.45, 2.75) is 44.2 Å². The van der Waals surface area contributed by atoms with Gasteiger partial charge in [0.05, 0.1) is 10.7 Å². The highest BCUT2D eigenvalue weighted by molar-refractivity contribution is 7.09. The van der Waals surface area contributed by atoms with Crippen LogP contribution in [-0.2, 0) is 5.60 Å². The fourth-order valence-corrected chi connectivity index (χ4v) is 2.66. The topological polar surface area (TPSA) is 59.1 Å². The average Bonchev–Trinajstić information content (AvgIpc) is 2.58. The Bertz CT molecular complexity index is 316. The van der Waals surface area contributed by atoms with Gasteiger partial charge in [-0.2, -0.15) is 0 Å². The zero-order valence-corrected chi connectivity index (χ0v) is 9.18. The first-order valence-corrected chi connectivity index (χ1v) is 5.89. The van der Waals surface area contributed by atoms with E-state index in [1.165, 1.54) is 0 Å². The fourth-order valence-electron chi connectivity index (χ4n) is 1.95. The average molecular weight is 212 g/mol. The van der Waals surface area contributed by atoms with Crippen LogP contribution in [0.3, 0.4) is 0 Å². The molecular weight excluding hydrogens is 196 g/mol. The summed E-state index contributed by atoms with van der Waals surface area (Å²) in [6.07, 6.45) is 3.29. The van der Waals surface area contributed by atoms with E-state index in [9.17, 15) is 5.11 Å². The van der Waals surface area contributed by atoms with Crippen LogP contribution >= 0.6 is 11.3 Å². The molecule has 3 N–H and O–H groups in total. The summed E-state index contributed by atoms with van der Waals surface area (Å²) < 4.78 is 0. The highest BCUT2D eigenvalue weighted by Crippen LogP contribution is 2.36. The van der Waals surface area contributed by atoms with Crippen LogP contribution in [0.25, 0.3) is 0 Å². The molecular formula is C10H16N2OS. The molecule has 0 aromatic carbocycles. The fraction of sp³-hybridized carbons (Fsp3) is 0.700. The first kappa shape index (κ1) is 10.1. The molecule has 1 aromatic heterocycles. The van der Waals surface area contributed by atoms with Crippen LogP contribution < -0.4 is 5.73 Å². The lowest BCUT2D eigenvalue weighted by molar-refractivity contribution is -0.00842. The molecule has 1 saturated carbocycles. The molecule has 2 rings (SSSR count). The number of aromatic nitrogens is 1. The third kappa shape index (κ3) is 1.82. The number of rotatable bonds is 1. The second-order valence-electron chi connectivity index (χ2n) is 4.12. The van der Waals surface area contributed by atoms with Crippen LogP contribution in [0, 0.1) is 6.92 Å². The molecule has 0 aliphatic heterocycles. The van der Waals surface area contributed by atoms with Crippen LogP contribution in [0.2, 0.25) is 0 Å². The molecule has 0 unspecified atom stereocenters. The molecule has 0 atom stereocenters. The maximum Gasteiger partial charge on any atom is 0.107 e. The summed E-state index contributed by atoms with van der Waals surface area (Å²) in [5.74, 6) is 0. The van der Waals surface area contributed by atoms with Gasteiger partial charge in [0, 0.05) is 11.4 Å². The first-order chi connectivity index (χ1) is 6.60. The van der Waals surface area contributed by atoms with Crippen LogP contribution in [0.15, 0.2) is 5.38 Å². The Hall–Kier alpha value is -0.450. The summed E-state index contributed by atoms with van der Waals surface area (Å²) in [7, 11) is 0. The number of hydrogen-bond donors (Lipinski definition) is 2. The Labute approximate surface area is 88.0 Å². The van der Waals surface area contributed by atoms with Crippen molar-refractivity contribution < 1.29 is 5.11 Å². The number of aliphatic hydroxyl groups is 1. The van der Waals surface area contributed by atoms with Crippen LogP contribution in [0.4, 0.5) is 0 Å². The van der Waals surface area contributed by atoms with Gasteiger partial charge in [0.25, 0.3) is 0 Å². The molecule has 3 nitrogen and oxygen atoms in total. The van der Waals surface area contributed by atoms with Gasteiger partial charge in [-0.15, -0.1) is 11.3 Å². The highest BCUT2D eigenvalue weighted by atomic mass is 32.1. The molecule has 1 aliphatic carbocycles. The predicted octanol–water partition coefficient (Wildman–Crippen LogP) is 1.54. The van der Waals surface area contributed by atoms with Gasteiger partial charge in [0.1, 0.15) is 5.60 Å². The van der Waals surface area contributed by atoms with Crippen molar-refractivity contribution in [3.63, 3.8) is 0 Å². The summed E-state index contributed by atoms with van der Waals surface area (Å²) in [6.45, 7) is 1.96. The summed E-state index contributed by atoms with van der Waals surface area (Å²) in [5.41, 5.74) is 5.94. The second kappa shape index (κ2) is 3.61. The van der Waals surface area contributed by atoms with E-state index in [1.54, 1.807) is 11.3 Å². The zero-order valence-electron chi connectivity index (χ0n) is 8.36. The minimum absolute atomic E-state index is 0.259. The van der Waals surface area contributed by atoms with Gasteiger partial charge < -0.3 is 10.8 Å². The molecule has 1 aliphatic rings. The molecule has 0 saturated heterocycles. The van der Waals surface area contributed by atoms with Crippen molar-refractivity contribution in [2.24, 2.45) is 5.73 Å². The van der Waals surface area contributed by atoms with E-state index >= 15 is 0 Å². The number of nitrogens with zero attached hydrogens (tertiary/aromatic N) is 1. The maximum atomic E-state index is 10.4. The molecule has 0 radical (unpaired) electrons. The summed E-state index contributed by atoms with van der Waals surface area (Å²) >= 11 is 1.60. The maximum absolute atomic E-state index is 10.4. The lowest BCUT2D eigenvalue weighted by Crippen LogP contribution is -2.37. The van der Waals surface area contributed by atoms with E-state index < -0.39 is 5.60 Å². The summed E-state index contributed by atoms with van der Waals surface area (Å²) in [5, 5.41) is 13.3. The van der Waals surface area contributed by atoms with Gasteiger partial charge in [-0.25, -0.2) is 4.98 Å². The zero-order chi connectivity index (χ0) is 10.2. The lowest BCUT2D eigenvalue weighted by Gasteiger charge is -2.33. The molecule has 1 aromatic rings. The van der Waals surface area contributed by atoms with E-state index in [0.29, 0.717) is 0 Å². The number of aryl methyl sites for hydroxylation is 1. The van der Waals surface area contributed by atoms with Crippen LogP contribution in [0.1, 0.15) is 36.4 Å². The third-order valence-electron chi connectivity index (χ3n) is 2.95. The van der Waals surface area contributed by atoms with Gasteiger partial charge in [-0.3, -0.25) is 0 Å². The van der Waals surface area contributed by atoms with Gasteiger partial charge in [0.2, 0.25) is 0 Å². The van der Waals surface area contributed by atoms with Crippen LogP contribution in [0.5, 0.6) is 0 Å². The smallest absolute Gasteiger partial charge is 0.107 e. The van der Waals surface area contributed by atoms with E-state index in [2.05, 4.69) is 4.98 Å².